The van der Waals surface area contributed by atoms with Crippen molar-refractivity contribution >= 4 is 33.6 Å². The molecule has 0 atom stereocenters. The van der Waals surface area contributed by atoms with E-state index < -0.39 is 0 Å². The molecule has 106 valence electrons. The minimum absolute atomic E-state index is 0.140. The summed E-state index contributed by atoms with van der Waals surface area (Å²) in [4.78, 5) is 11.1. The molecule has 0 aliphatic rings. The molecule has 0 bridgehead atoms. The number of aryl methyl sites for hydroxylation is 1. The van der Waals surface area contributed by atoms with Crippen molar-refractivity contribution in [1.29, 1.82) is 0 Å². The Morgan fingerprint density at radius 3 is 2.80 bits per heavy atom. The van der Waals surface area contributed by atoms with Crippen molar-refractivity contribution in [3.8, 4) is 5.75 Å². The quantitative estimate of drug-likeness (QED) is 0.662. The molecule has 1 heterocycles. The van der Waals surface area contributed by atoms with Crippen LogP contribution in [0.25, 0.3) is 0 Å². The highest BCUT2D eigenvalue weighted by atomic mass is 35.5. The minimum atomic E-state index is -0.388. The van der Waals surface area contributed by atoms with Gasteiger partial charge in [0.25, 0.3) is 0 Å². The zero-order valence-electron chi connectivity index (χ0n) is 11.0. The van der Waals surface area contributed by atoms with Crippen LogP contribution in [0.2, 0.25) is 5.02 Å². The number of hydrogen-bond donors (Lipinski definition) is 1. The Balaban J connectivity index is 2.13. The van der Waals surface area contributed by atoms with Crippen molar-refractivity contribution in [1.82, 2.24) is 0 Å². The van der Waals surface area contributed by atoms with Gasteiger partial charge in [-0.1, -0.05) is 22.9 Å². The van der Waals surface area contributed by atoms with Crippen LogP contribution in [0, 0.1) is 17.0 Å². The van der Waals surface area contributed by atoms with E-state index in [-0.39, 0.29) is 9.92 Å². The normalized spacial score (nSPS) is 10.3. The minimum Gasteiger partial charge on any atom is -0.495 e. The molecule has 0 unspecified atom stereocenters. The van der Waals surface area contributed by atoms with E-state index in [0.717, 1.165) is 27.5 Å². The van der Waals surface area contributed by atoms with Crippen molar-refractivity contribution in [2.45, 2.75) is 13.5 Å². The molecule has 0 saturated heterocycles. The third kappa shape index (κ3) is 3.20. The van der Waals surface area contributed by atoms with Gasteiger partial charge in [0.05, 0.1) is 17.7 Å². The number of rotatable bonds is 5. The molecule has 0 saturated carbocycles. The first-order valence-corrected chi connectivity index (χ1v) is 7.02. The number of halogens is 1. The number of methoxy groups -OCH3 is 1. The molecule has 0 fully saturated rings. The highest BCUT2D eigenvalue weighted by Crippen LogP contribution is 2.32. The molecule has 1 aromatic carbocycles. The summed E-state index contributed by atoms with van der Waals surface area (Å²) >= 11 is 7.19. The van der Waals surface area contributed by atoms with Crippen LogP contribution in [0.4, 0.5) is 10.7 Å². The first-order valence-electron chi connectivity index (χ1n) is 5.82. The van der Waals surface area contributed by atoms with Crippen LogP contribution in [0.1, 0.15) is 10.4 Å². The maximum absolute atomic E-state index is 10.6. The molecular formula is C13H13ClN2O3S. The van der Waals surface area contributed by atoms with Gasteiger partial charge in [-0.05, 0) is 24.6 Å². The number of nitro groups is 1. The zero-order valence-corrected chi connectivity index (χ0v) is 12.5. The predicted octanol–water partition coefficient (Wildman–Crippen LogP) is 4.24. The zero-order chi connectivity index (χ0) is 14.7. The summed E-state index contributed by atoms with van der Waals surface area (Å²) in [5.41, 5.74) is 1.75. The number of thiophene rings is 1. The van der Waals surface area contributed by atoms with Crippen LogP contribution in [-0.4, -0.2) is 12.0 Å². The molecule has 20 heavy (non-hydrogen) atoms. The van der Waals surface area contributed by atoms with Gasteiger partial charge in [-0.25, -0.2) is 0 Å². The average molecular weight is 313 g/mol. The predicted molar refractivity (Wildman–Crippen MR) is 81.0 cm³/mol. The number of benzene rings is 1. The summed E-state index contributed by atoms with van der Waals surface area (Å²) in [7, 11) is 1.57. The van der Waals surface area contributed by atoms with E-state index in [1.807, 2.05) is 13.0 Å². The monoisotopic (exact) mass is 312 g/mol. The first kappa shape index (κ1) is 14.6. The Kier molecular flexibility index (Phi) is 4.46. The van der Waals surface area contributed by atoms with Crippen LogP contribution in [0.5, 0.6) is 5.75 Å². The highest BCUT2D eigenvalue weighted by molar-refractivity contribution is 7.15. The van der Waals surface area contributed by atoms with Gasteiger partial charge in [0, 0.05) is 28.6 Å². The van der Waals surface area contributed by atoms with E-state index in [9.17, 15) is 10.1 Å². The average Bonchev–Trinajstić information content (AvgIpc) is 2.88. The lowest BCUT2D eigenvalue weighted by Gasteiger charge is -2.12. The Morgan fingerprint density at radius 2 is 2.20 bits per heavy atom. The number of ether oxygens (including phenoxy) is 1. The molecule has 0 aliphatic heterocycles. The van der Waals surface area contributed by atoms with Gasteiger partial charge in [0.1, 0.15) is 5.75 Å². The number of nitrogens with one attached hydrogen (secondary N) is 1. The lowest BCUT2D eigenvalue weighted by Crippen LogP contribution is -2.00. The van der Waals surface area contributed by atoms with Crippen molar-refractivity contribution in [3.05, 3.63) is 49.8 Å². The Bertz CT molecular complexity index is 643. The van der Waals surface area contributed by atoms with E-state index in [1.165, 1.54) is 6.07 Å². The second-order valence-corrected chi connectivity index (χ2v) is 5.71. The topological polar surface area (TPSA) is 64.4 Å². The number of anilines is 1. The number of nitrogens with zero attached hydrogens (tertiary/aromatic N) is 1. The molecule has 0 aliphatic carbocycles. The van der Waals surface area contributed by atoms with Gasteiger partial charge in [-0.15, -0.1) is 0 Å². The standard InChI is InChI=1S/C13H13ClN2O3S/c1-8-5-11(12(19-2)6-10(8)14)15-7-9-3-4-13(20-9)16(17)18/h3-6,15H,7H2,1-2H3. The molecule has 1 aromatic heterocycles. The van der Waals surface area contributed by atoms with Gasteiger partial charge in [0.2, 0.25) is 0 Å². The van der Waals surface area contributed by atoms with Gasteiger partial charge in [-0.2, -0.15) is 0 Å². The Labute approximate surface area is 125 Å². The van der Waals surface area contributed by atoms with Crippen molar-refractivity contribution in [2.24, 2.45) is 0 Å². The molecule has 0 amide bonds. The second-order valence-electron chi connectivity index (χ2n) is 4.15. The number of hydrogen-bond acceptors (Lipinski definition) is 5. The van der Waals surface area contributed by atoms with Crippen LogP contribution in [-0.2, 0) is 6.54 Å². The fourth-order valence-electron chi connectivity index (χ4n) is 1.71. The van der Waals surface area contributed by atoms with Crippen LogP contribution < -0.4 is 10.1 Å². The van der Waals surface area contributed by atoms with Gasteiger partial charge < -0.3 is 10.1 Å². The Morgan fingerprint density at radius 1 is 1.45 bits per heavy atom. The summed E-state index contributed by atoms with van der Waals surface area (Å²) in [6, 6.07) is 6.89. The van der Waals surface area contributed by atoms with Crippen molar-refractivity contribution < 1.29 is 9.66 Å². The smallest absolute Gasteiger partial charge is 0.324 e. The largest absolute Gasteiger partial charge is 0.495 e. The lowest BCUT2D eigenvalue weighted by atomic mass is 10.2. The van der Waals surface area contributed by atoms with Gasteiger partial charge >= 0.3 is 5.00 Å². The van der Waals surface area contributed by atoms with E-state index in [2.05, 4.69) is 5.32 Å². The maximum atomic E-state index is 10.6. The van der Waals surface area contributed by atoms with Crippen LogP contribution in [0.3, 0.4) is 0 Å². The van der Waals surface area contributed by atoms with Crippen molar-refractivity contribution in [2.75, 3.05) is 12.4 Å². The summed E-state index contributed by atoms with van der Waals surface area (Å²) in [6.07, 6.45) is 0. The van der Waals surface area contributed by atoms with Gasteiger partial charge in [-0.3, -0.25) is 10.1 Å². The molecule has 5 nitrogen and oxygen atoms in total. The summed E-state index contributed by atoms with van der Waals surface area (Å²) in [5.74, 6) is 0.645. The fourth-order valence-corrected chi connectivity index (χ4v) is 2.63. The first-order chi connectivity index (χ1) is 9.51. The van der Waals surface area contributed by atoms with E-state index in [1.54, 1.807) is 19.2 Å². The summed E-state index contributed by atoms with van der Waals surface area (Å²) in [6.45, 7) is 2.40. The fraction of sp³-hybridized carbons (Fsp3) is 0.231. The SMILES string of the molecule is COc1cc(Cl)c(C)cc1NCc1ccc([N+](=O)[O-])s1. The van der Waals surface area contributed by atoms with Crippen LogP contribution in [0.15, 0.2) is 24.3 Å². The molecule has 0 radical (unpaired) electrons. The van der Waals surface area contributed by atoms with E-state index in [4.69, 9.17) is 16.3 Å². The third-order valence-corrected chi connectivity index (χ3v) is 4.21. The third-order valence-electron chi connectivity index (χ3n) is 2.76. The molecule has 7 heteroatoms. The summed E-state index contributed by atoms with van der Waals surface area (Å²) < 4.78 is 5.26. The summed E-state index contributed by atoms with van der Waals surface area (Å²) in [5, 5.41) is 14.6. The maximum Gasteiger partial charge on any atom is 0.324 e. The van der Waals surface area contributed by atoms with Crippen molar-refractivity contribution in [3.63, 3.8) is 0 Å². The van der Waals surface area contributed by atoms with Crippen LogP contribution >= 0.6 is 22.9 Å². The molecule has 0 spiro atoms. The highest BCUT2D eigenvalue weighted by Gasteiger charge is 2.11. The lowest BCUT2D eigenvalue weighted by molar-refractivity contribution is -0.380. The molecule has 1 N–H and O–H groups in total. The molecular weight excluding hydrogens is 300 g/mol. The second kappa shape index (κ2) is 6.11. The Hall–Kier alpha value is -1.79. The van der Waals surface area contributed by atoms with E-state index in [0.29, 0.717) is 17.3 Å². The van der Waals surface area contributed by atoms with E-state index >= 15 is 0 Å². The molecule has 2 rings (SSSR count). The molecule has 2 aromatic rings. The van der Waals surface area contributed by atoms with Gasteiger partial charge in [0.15, 0.2) is 0 Å².